The first kappa shape index (κ1) is 22.0. The first-order valence-corrected chi connectivity index (χ1v) is 10.3. The van der Waals surface area contributed by atoms with Crippen molar-refractivity contribution in [1.82, 2.24) is 0 Å². The zero-order valence-corrected chi connectivity index (χ0v) is 17.6. The normalized spacial score (nSPS) is 23.9. The highest BCUT2D eigenvalue weighted by Gasteiger charge is 2.51. The van der Waals surface area contributed by atoms with E-state index in [-0.39, 0.29) is 19.8 Å². The summed E-state index contributed by atoms with van der Waals surface area (Å²) in [5.41, 5.74) is 2.34. The average Bonchev–Trinajstić information content (AvgIpc) is 3.38. The molecule has 2 aliphatic rings. The molecule has 168 valence electrons. The van der Waals surface area contributed by atoms with Gasteiger partial charge in [0.15, 0.2) is 18.0 Å². The quantitative estimate of drug-likeness (QED) is 0.352. The van der Waals surface area contributed by atoms with Crippen LogP contribution in [0.5, 0.6) is 5.75 Å². The zero-order chi connectivity index (χ0) is 22.5. The van der Waals surface area contributed by atoms with Gasteiger partial charge in [0.2, 0.25) is 0 Å². The van der Waals surface area contributed by atoms with Gasteiger partial charge < -0.3 is 23.8 Å². The molecule has 4 atom stereocenters. The Bertz CT molecular complexity index is 953. The number of ether oxygens (including phenoxy) is 4. The van der Waals surface area contributed by atoms with Gasteiger partial charge in [-0.1, -0.05) is 36.9 Å². The molecule has 2 saturated heterocycles. The summed E-state index contributed by atoms with van der Waals surface area (Å²) in [4.78, 5) is 34.2. The predicted molar refractivity (Wildman–Crippen MR) is 113 cm³/mol. The first-order valence-electron chi connectivity index (χ1n) is 10.3. The lowest BCUT2D eigenvalue weighted by molar-refractivity contribution is -0.217. The number of carbonyl (C=O) groups excluding carboxylic acids is 2. The van der Waals surface area contributed by atoms with Gasteiger partial charge in [0.1, 0.15) is 18.8 Å². The predicted octanol–water partition coefficient (Wildman–Crippen LogP) is 3.09. The monoisotopic (exact) mass is 440 g/mol. The molecule has 2 heterocycles. The summed E-state index contributed by atoms with van der Waals surface area (Å²) >= 11 is 0. The molecule has 0 amide bonds. The highest BCUT2D eigenvalue weighted by Crippen LogP contribution is 2.31. The minimum atomic E-state index is -0.570. The van der Waals surface area contributed by atoms with Crippen LogP contribution in [0, 0.1) is 0 Å². The Hall–Kier alpha value is -3.20. The van der Waals surface area contributed by atoms with E-state index < -0.39 is 36.4 Å². The van der Waals surface area contributed by atoms with Crippen molar-refractivity contribution in [3.8, 4) is 5.75 Å². The Morgan fingerprint density at radius 2 is 1.59 bits per heavy atom. The van der Waals surface area contributed by atoms with E-state index in [0.717, 1.165) is 11.1 Å². The van der Waals surface area contributed by atoms with Crippen molar-refractivity contribution in [3.05, 3.63) is 71.8 Å². The first-order chi connectivity index (χ1) is 15.5. The largest absolute Gasteiger partial charge is 0.457 e. The van der Waals surface area contributed by atoms with Gasteiger partial charge in [-0.2, -0.15) is 4.89 Å². The lowest BCUT2D eigenvalue weighted by Gasteiger charge is -2.17. The number of hydrogen-bond acceptors (Lipinski definition) is 8. The van der Waals surface area contributed by atoms with Crippen LogP contribution in [0.2, 0.25) is 0 Å². The maximum Gasteiger partial charge on any atom is 0.338 e. The number of benzene rings is 2. The SMILES string of the molecule is C=Cc1ccc(COOc2ccc(C(=O)O[C@@H]3CO[C@H]4[C@@H]3OC[C@@H]4OC(C)=O)cc2)cc1. The second kappa shape index (κ2) is 9.95. The second-order valence-electron chi connectivity index (χ2n) is 7.50. The Kier molecular flexibility index (Phi) is 6.84. The fourth-order valence-electron chi connectivity index (χ4n) is 3.61. The molecule has 0 aliphatic carbocycles. The standard InChI is InChI=1S/C24H24O8/c1-3-16-4-6-17(7-5-16)12-29-32-19-10-8-18(9-11-19)24(26)31-21-14-28-22-20(30-15(2)25)13-27-23(21)22/h3-11,20-23H,1,12-14H2,2H3/t20-,21+,22+,23+/m0/s1. The number of esters is 2. The van der Waals surface area contributed by atoms with Gasteiger partial charge in [-0.05, 0) is 35.4 Å². The number of hydrogen-bond donors (Lipinski definition) is 0. The van der Waals surface area contributed by atoms with Crippen LogP contribution in [0.15, 0.2) is 55.1 Å². The molecule has 2 aliphatic heterocycles. The zero-order valence-electron chi connectivity index (χ0n) is 17.6. The Morgan fingerprint density at radius 3 is 2.19 bits per heavy atom. The molecule has 0 unspecified atom stereocenters. The van der Waals surface area contributed by atoms with Crippen LogP contribution in [0.25, 0.3) is 6.08 Å². The van der Waals surface area contributed by atoms with Crippen molar-refractivity contribution in [1.29, 1.82) is 0 Å². The summed E-state index contributed by atoms with van der Waals surface area (Å²) < 4.78 is 22.0. The maximum atomic E-state index is 12.5. The highest BCUT2D eigenvalue weighted by atomic mass is 17.2. The van der Waals surface area contributed by atoms with E-state index in [2.05, 4.69) is 6.58 Å². The van der Waals surface area contributed by atoms with Crippen LogP contribution in [0.4, 0.5) is 0 Å². The van der Waals surface area contributed by atoms with Crippen molar-refractivity contribution in [2.24, 2.45) is 0 Å². The summed E-state index contributed by atoms with van der Waals surface area (Å²) in [6, 6.07) is 14.2. The van der Waals surface area contributed by atoms with E-state index in [1.54, 1.807) is 30.3 Å². The van der Waals surface area contributed by atoms with Crippen molar-refractivity contribution in [2.75, 3.05) is 13.2 Å². The third-order valence-corrected chi connectivity index (χ3v) is 5.22. The van der Waals surface area contributed by atoms with E-state index in [4.69, 9.17) is 28.7 Å². The third-order valence-electron chi connectivity index (χ3n) is 5.22. The number of fused-ring (bicyclic) bond motifs is 1. The van der Waals surface area contributed by atoms with Gasteiger partial charge >= 0.3 is 11.9 Å². The smallest absolute Gasteiger partial charge is 0.338 e. The summed E-state index contributed by atoms with van der Waals surface area (Å²) in [6.45, 7) is 5.73. The van der Waals surface area contributed by atoms with Gasteiger partial charge in [-0.15, -0.1) is 0 Å². The molecular formula is C24H24O8. The van der Waals surface area contributed by atoms with Crippen molar-refractivity contribution in [3.63, 3.8) is 0 Å². The van der Waals surface area contributed by atoms with Gasteiger partial charge in [0.25, 0.3) is 0 Å². The highest BCUT2D eigenvalue weighted by molar-refractivity contribution is 5.89. The van der Waals surface area contributed by atoms with Gasteiger partial charge in [0, 0.05) is 6.92 Å². The topological polar surface area (TPSA) is 89.5 Å². The molecule has 0 N–H and O–H groups in total. The molecule has 0 aromatic heterocycles. The summed E-state index contributed by atoms with van der Waals surface area (Å²) in [7, 11) is 0. The van der Waals surface area contributed by atoms with E-state index in [1.807, 2.05) is 24.3 Å². The van der Waals surface area contributed by atoms with Crippen LogP contribution >= 0.6 is 0 Å². The van der Waals surface area contributed by atoms with Gasteiger partial charge in [-0.3, -0.25) is 4.79 Å². The van der Waals surface area contributed by atoms with Crippen molar-refractivity contribution < 1.29 is 38.3 Å². The van der Waals surface area contributed by atoms with Gasteiger partial charge in [0.05, 0.1) is 18.8 Å². The maximum absolute atomic E-state index is 12.5. The molecule has 32 heavy (non-hydrogen) atoms. The van der Waals surface area contributed by atoms with E-state index in [0.29, 0.717) is 11.3 Å². The Balaban J connectivity index is 1.25. The van der Waals surface area contributed by atoms with Crippen molar-refractivity contribution >= 4 is 18.0 Å². The Morgan fingerprint density at radius 1 is 0.969 bits per heavy atom. The molecule has 8 nitrogen and oxygen atoms in total. The lowest BCUT2D eigenvalue weighted by atomic mass is 10.1. The number of rotatable bonds is 8. The molecule has 0 bridgehead atoms. The minimum absolute atomic E-state index is 0.182. The molecule has 0 spiro atoms. The summed E-state index contributed by atoms with van der Waals surface area (Å²) in [5.74, 6) is -0.453. The van der Waals surface area contributed by atoms with Crippen LogP contribution in [-0.4, -0.2) is 49.6 Å². The second-order valence-corrected chi connectivity index (χ2v) is 7.50. The number of carbonyl (C=O) groups is 2. The van der Waals surface area contributed by atoms with Crippen LogP contribution < -0.4 is 4.89 Å². The molecule has 0 radical (unpaired) electrons. The third kappa shape index (κ3) is 5.16. The molecule has 4 rings (SSSR count). The van der Waals surface area contributed by atoms with Gasteiger partial charge in [-0.25, -0.2) is 4.79 Å². The summed E-state index contributed by atoms with van der Waals surface area (Å²) in [6.07, 6.45) is -0.179. The molecule has 8 heteroatoms. The average molecular weight is 440 g/mol. The fraction of sp³-hybridized carbons (Fsp3) is 0.333. The molecular weight excluding hydrogens is 416 g/mol. The summed E-state index contributed by atoms with van der Waals surface area (Å²) in [5, 5.41) is 0. The molecule has 2 aromatic carbocycles. The van der Waals surface area contributed by atoms with E-state index in [9.17, 15) is 9.59 Å². The molecule has 2 fully saturated rings. The van der Waals surface area contributed by atoms with Crippen molar-refractivity contribution in [2.45, 2.75) is 37.9 Å². The lowest BCUT2D eigenvalue weighted by Crippen LogP contribution is -2.35. The van der Waals surface area contributed by atoms with Crippen LogP contribution in [0.3, 0.4) is 0 Å². The minimum Gasteiger partial charge on any atom is -0.457 e. The fourth-order valence-corrected chi connectivity index (χ4v) is 3.61. The van der Waals surface area contributed by atoms with E-state index in [1.165, 1.54) is 6.92 Å². The van der Waals surface area contributed by atoms with Crippen LogP contribution in [0.1, 0.15) is 28.4 Å². The Labute approximate surface area is 185 Å². The molecule has 0 saturated carbocycles. The van der Waals surface area contributed by atoms with E-state index >= 15 is 0 Å². The molecule has 2 aromatic rings. The van der Waals surface area contributed by atoms with Crippen LogP contribution in [-0.2, 0) is 35.2 Å².